The van der Waals surface area contributed by atoms with Gasteiger partial charge in [0.05, 0.1) is 0 Å². The van der Waals surface area contributed by atoms with E-state index in [9.17, 15) is 4.79 Å². The van der Waals surface area contributed by atoms with E-state index in [1.165, 1.54) is 141 Å². The molecule has 0 atom stereocenters. The fourth-order valence-electron chi connectivity index (χ4n) is 4.49. The second kappa shape index (κ2) is 27.5. The summed E-state index contributed by atoms with van der Waals surface area (Å²) in [5, 5.41) is 0. The van der Waals surface area contributed by atoms with Gasteiger partial charge in [0, 0.05) is 13.1 Å². The van der Waals surface area contributed by atoms with Crippen LogP contribution in [0.1, 0.15) is 168 Å². The topological polar surface area (TPSA) is 20.3 Å². The largest absolute Gasteiger partial charge is 0.334 e. The molecule has 1 amide bonds. The van der Waals surface area contributed by atoms with Crippen molar-refractivity contribution in [1.82, 2.24) is 4.90 Å². The third kappa shape index (κ3) is 25.6. The fraction of sp³-hybridized carbons (Fsp3) is 0.966. The highest BCUT2D eigenvalue weighted by Gasteiger charge is 2.02. The van der Waals surface area contributed by atoms with Gasteiger partial charge < -0.3 is 4.90 Å². The highest BCUT2D eigenvalue weighted by Crippen LogP contribution is 2.13. The number of unbranched alkanes of at least 4 members (excludes halogenated alkanes) is 22. The summed E-state index contributed by atoms with van der Waals surface area (Å²) in [7, 11) is 0. The van der Waals surface area contributed by atoms with Gasteiger partial charge in [-0.3, -0.25) is 4.79 Å². The van der Waals surface area contributed by atoms with E-state index in [1.807, 2.05) is 4.90 Å². The van der Waals surface area contributed by atoms with Crippen molar-refractivity contribution < 1.29 is 4.79 Å². The summed E-state index contributed by atoms with van der Waals surface area (Å²) in [6, 6.07) is 0. The summed E-state index contributed by atoms with van der Waals surface area (Å²) in [5.41, 5.74) is 0. The predicted octanol–water partition coefficient (Wildman–Crippen LogP) is 9.76. The SMILES string of the molecule is CCCCCCCCCCCCCCN([C]=O)CCCCCCCCCCCCCC. The van der Waals surface area contributed by atoms with E-state index < -0.39 is 0 Å². The normalized spacial score (nSPS) is 11.2. The van der Waals surface area contributed by atoms with Gasteiger partial charge in [0.1, 0.15) is 0 Å². The molecular weight excluding hydrogens is 378 g/mol. The third-order valence-corrected chi connectivity index (χ3v) is 6.69. The average molecular weight is 437 g/mol. The van der Waals surface area contributed by atoms with Crippen molar-refractivity contribution in [2.45, 2.75) is 168 Å². The maximum Gasteiger partial charge on any atom is 0.312 e. The average Bonchev–Trinajstić information content (AvgIpc) is 2.79. The fourth-order valence-corrected chi connectivity index (χ4v) is 4.49. The molecule has 0 fully saturated rings. The van der Waals surface area contributed by atoms with Gasteiger partial charge >= 0.3 is 6.41 Å². The summed E-state index contributed by atoms with van der Waals surface area (Å²) in [6.45, 7) is 6.40. The Morgan fingerprint density at radius 3 is 0.839 bits per heavy atom. The zero-order valence-electron chi connectivity index (χ0n) is 21.7. The number of nitrogens with zero attached hydrogens (tertiary/aromatic N) is 1. The Kier molecular flexibility index (Phi) is 27.0. The van der Waals surface area contributed by atoms with Gasteiger partial charge in [0.2, 0.25) is 0 Å². The Labute approximate surface area is 197 Å². The van der Waals surface area contributed by atoms with Crippen molar-refractivity contribution in [3.05, 3.63) is 0 Å². The molecule has 0 aromatic heterocycles. The van der Waals surface area contributed by atoms with Gasteiger partial charge in [-0.2, -0.15) is 0 Å². The van der Waals surface area contributed by atoms with Crippen LogP contribution in [0.2, 0.25) is 0 Å². The van der Waals surface area contributed by atoms with Gasteiger partial charge in [-0.1, -0.05) is 155 Å². The number of hydrogen-bond donors (Lipinski definition) is 0. The smallest absolute Gasteiger partial charge is 0.312 e. The van der Waals surface area contributed by atoms with Crippen LogP contribution in [0, 0.1) is 0 Å². The molecule has 0 saturated heterocycles. The summed E-state index contributed by atoms with van der Waals surface area (Å²) < 4.78 is 0. The minimum atomic E-state index is 0.916. The molecular formula is C29H58NO. The van der Waals surface area contributed by atoms with Crippen LogP contribution in [0.25, 0.3) is 0 Å². The quantitative estimate of drug-likeness (QED) is 0.0926. The molecule has 0 aromatic rings. The second-order valence-corrected chi connectivity index (χ2v) is 9.86. The monoisotopic (exact) mass is 436 g/mol. The minimum absolute atomic E-state index is 0.916. The Bertz CT molecular complexity index is 303. The molecule has 0 N–H and O–H groups in total. The van der Waals surface area contributed by atoms with Gasteiger partial charge in [0.15, 0.2) is 0 Å². The van der Waals surface area contributed by atoms with Crippen molar-refractivity contribution in [2.24, 2.45) is 0 Å². The van der Waals surface area contributed by atoms with Crippen LogP contribution in [0.4, 0.5) is 0 Å². The van der Waals surface area contributed by atoms with Gasteiger partial charge in [0.25, 0.3) is 0 Å². The molecule has 2 nitrogen and oxygen atoms in total. The molecule has 185 valence electrons. The van der Waals surface area contributed by atoms with Crippen LogP contribution in [-0.4, -0.2) is 24.4 Å². The summed E-state index contributed by atoms with van der Waals surface area (Å²) in [5.74, 6) is 0. The highest BCUT2D eigenvalue weighted by molar-refractivity contribution is 5.47. The van der Waals surface area contributed by atoms with Crippen molar-refractivity contribution in [1.29, 1.82) is 0 Å². The lowest BCUT2D eigenvalue weighted by Gasteiger charge is -2.16. The minimum Gasteiger partial charge on any atom is -0.334 e. The first-order valence-corrected chi connectivity index (χ1v) is 14.5. The first-order chi connectivity index (χ1) is 15.3. The summed E-state index contributed by atoms with van der Waals surface area (Å²) in [6.07, 6.45) is 35.0. The zero-order chi connectivity index (χ0) is 22.7. The van der Waals surface area contributed by atoms with Crippen molar-refractivity contribution in [3.8, 4) is 0 Å². The first-order valence-electron chi connectivity index (χ1n) is 14.5. The highest BCUT2D eigenvalue weighted by atomic mass is 16.1. The van der Waals surface area contributed by atoms with Crippen LogP contribution in [0.15, 0.2) is 0 Å². The molecule has 0 aliphatic carbocycles. The molecule has 0 aliphatic heterocycles. The molecule has 0 heterocycles. The Balaban J connectivity index is 3.27. The second-order valence-electron chi connectivity index (χ2n) is 9.86. The lowest BCUT2D eigenvalue weighted by molar-refractivity contribution is 0.356. The van der Waals surface area contributed by atoms with Crippen LogP contribution < -0.4 is 0 Å². The van der Waals surface area contributed by atoms with Gasteiger partial charge in [-0.05, 0) is 12.8 Å². The van der Waals surface area contributed by atoms with E-state index in [1.54, 1.807) is 0 Å². The third-order valence-electron chi connectivity index (χ3n) is 6.69. The standard InChI is InChI=1S/C29H58NO/c1-3-5-7-9-11-13-15-17-19-21-23-25-27-30(29-31)28-26-24-22-20-18-16-14-12-10-8-6-4-2/h3-28H2,1-2H3. The molecule has 0 aromatic carbocycles. The van der Waals surface area contributed by atoms with Crippen molar-refractivity contribution >= 4 is 6.41 Å². The number of carbonyl (C=O) groups excluding carboxylic acids is 1. The van der Waals surface area contributed by atoms with Crippen molar-refractivity contribution in [2.75, 3.05) is 13.1 Å². The number of amides is 1. The van der Waals surface area contributed by atoms with E-state index in [0.717, 1.165) is 25.9 Å². The molecule has 0 saturated carbocycles. The van der Waals surface area contributed by atoms with Crippen LogP contribution in [0.3, 0.4) is 0 Å². The Hall–Kier alpha value is -0.530. The first kappa shape index (κ1) is 30.5. The van der Waals surface area contributed by atoms with E-state index in [2.05, 4.69) is 20.3 Å². The molecule has 0 aliphatic rings. The lowest BCUT2D eigenvalue weighted by Crippen LogP contribution is -2.24. The van der Waals surface area contributed by atoms with Crippen LogP contribution in [0.5, 0.6) is 0 Å². The van der Waals surface area contributed by atoms with E-state index in [4.69, 9.17) is 0 Å². The Morgan fingerprint density at radius 1 is 0.387 bits per heavy atom. The van der Waals surface area contributed by atoms with Gasteiger partial charge in [-0.25, -0.2) is 0 Å². The molecule has 31 heavy (non-hydrogen) atoms. The molecule has 0 spiro atoms. The molecule has 0 unspecified atom stereocenters. The lowest BCUT2D eigenvalue weighted by atomic mass is 10.0. The maximum atomic E-state index is 11.2. The van der Waals surface area contributed by atoms with E-state index >= 15 is 0 Å². The summed E-state index contributed by atoms with van der Waals surface area (Å²) in [4.78, 5) is 13.1. The molecule has 1 radical (unpaired) electrons. The number of hydrogen-bond acceptors (Lipinski definition) is 1. The van der Waals surface area contributed by atoms with Crippen molar-refractivity contribution in [3.63, 3.8) is 0 Å². The van der Waals surface area contributed by atoms with Crippen LogP contribution in [-0.2, 0) is 4.79 Å². The van der Waals surface area contributed by atoms with E-state index in [-0.39, 0.29) is 0 Å². The molecule has 2 heteroatoms. The number of rotatable bonds is 27. The zero-order valence-corrected chi connectivity index (χ0v) is 21.7. The van der Waals surface area contributed by atoms with Gasteiger partial charge in [-0.15, -0.1) is 0 Å². The maximum absolute atomic E-state index is 11.2. The van der Waals surface area contributed by atoms with Crippen LogP contribution >= 0.6 is 0 Å². The molecule has 0 bridgehead atoms. The predicted molar refractivity (Wildman–Crippen MR) is 139 cm³/mol. The Morgan fingerprint density at radius 2 is 0.613 bits per heavy atom. The summed E-state index contributed by atoms with van der Waals surface area (Å²) >= 11 is 0. The van der Waals surface area contributed by atoms with E-state index in [0.29, 0.717) is 0 Å². The molecule has 0 rings (SSSR count).